The lowest BCUT2D eigenvalue weighted by Gasteiger charge is -2.06. The molecular weight excluding hydrogens is 210 g/mol. The summed E-state index contributed by atoms with van der Waals surface area (Å²) in [6, 6.07) is 4.89. The van der Waals surface area contributed by atoms with Gasteiger partial charge in [0, 0.05) is 10.8 Å². The smallest absolute Gasteiger partial charge is 0.358 e. The van der Waals surface area contributed by atoms with E-state index in [-0.39, 0.29) is 5.39 Å². The Morgan fingerprint density at radius 1 is 1.25 bits per heavy atom. The Kier molecular flexibility index (Phi) is 2.16. The number of benzene rings is 1. The zero-order valence-electron chi connectivity index (χ0n) is 8.43. The van der Waals surface area contributed by atoms with E-state index in [1.807, 2.05) is 6.92 Å². The molecule has 1 heterocycles. The second-order valence-corrected chi connectivity index (χ2v) is 3.49. The molecule has 0 radical (unpaired) electrons. The summed E-state index contributed by atoms with van der Waals surface area (Å²) < 4.78 is 0. The first-order valence-electron chi connectivity index (χ1n) is 4.56. The average Bonchev–Trinajstić information content (AvgIpc) is 2.22. The molecule has 5 heteroatoms. The second-order valence-electron chi connectivity index (χ2n) is 3.49. The Balaban J connectivity index is 2.90. The number of carbonyl (C=O) groups is 1. The van der Waals surface area contributed by atoms with Gasteiger partial charge in [0.15, 0.2) is 11.4 Å². The SMILES string of the molecule is Cc1ccc2c(O)c(C(=O)O)nc(O)c2c1. The number of carboxylic acids is 1. The van der Waals surface area contributed by atoms with Crippen LogP contribution in [0.4, 0.5) is 0 Å². The van der Waals surface area contributed by atoms with Crippen molar-refractivity contribution in [2.24, 2.45) is 0 Å². The van der Waals surface area contributed by atoms with Crippen LogP contribution in [0.2, 0.25) is 0 Å². The quantitative estimate of drug-likeness (QED) is 0.678. The van der Waals surface area contributed by atoms with Gasteiger partial charge >= 0.3 is 5.97 Å². The van der Waals surface area contributed by atoms with Crippen LogP contribution in [-0.4, -0.2) is 26.3 Å². The number of aromatic hydroxyl groups is 2. The lowest BCUT2D eigenvalue weighted by atomic mass is 10.1. The summed E-state index contributed by atoms with van der Waals surface area (Å²) in [7, 11) is 0. The van der Waals surface area contributed by atoms with Crippen molar-refractivity contribution in [1.82, 2.24) is 4.98 Å². The van der Waals surface area contributed by atoms with Crippen molar-refractivity contribution >= 4 is 16.7 Å². The maximum Gasteiger partial charge on any atom is 0.358 e. The third-order valence-corrected chi connectivity index (χ3v) is 2.32. The highest BCUT2D eigenvalue weighted by atomic mass is 16.4. The largest absolute Gasteiger partial charge is 0.505 e. The Hall–Kier alpha value is -2.30. The van der Waals surface area contributed by atoms with Crippen LogP contribution in [0.1, 0.15) is 16.1 Å². The topological polar surface area (TPSA) is 90.7 Å². The van der Waals surface area contributed by atoms with Gasteiger partial charge < -0.3 is 15.3 Å². The number of nitrogens with zero attached hydrogens (tertiary/aromatic N) is 1. The van der Waals surface area contributed by atoms with Crippen LogP contribution in [0.3, 0.4) is 0 Å². The van der Waals surface area contributed by atoms with Crippen molar-refractivity contribution in [1.29, 1.82) is 0 Å². The molecule has 3 N–H and O–H groups in total. The zero-order valence-corrected chi connectivity index (χ0v) is 8.43. The Labute approximate surface area is 90.6 Å². The summed E-state index contributed by atoms with van der Waals surface area (Å²) in [6.07, 6.45) is 0. The number of pyridine rings is 1. The van der Waals surface area contributed by atoms with Crippen LogP contribution in [-0.2, 0) is 0 Å². The molecule has 2 aromatic rings. The van der Waals surface area contributed by atoms with Gasteiger partial charge in [-0.25, -0.2) is 9.78 Å². The normalized spacial score (nSPS) is 10.6. The predicted molar refractivity (Wildman–Crippen MR) is 56.8 cm³/mol. The first-order chi connectivity index (χ1) is 7.50. The van der Waals surface area contributed by atoms with E-state index in [0.29, 0.717) is 5.39 Å². The maximum atomic E-state index is 10.8. The number of aromatic carboxylic acids is 1. The van der Waals surface area contributed by atoms with E-state index in [9.17, 15) is 15.0 Å². The fourth-order valence-electron chi connectivity index (χ4n) is 1.55. The third-order valence-electron chi connectivity index (χ3n) is 2.32. The summed E-state index contributed by atoms with van der Waals surface area (Å²) in [5, 5.41) is 28.6. The van der Waals surface area contributed by atoms with Crippen molar-refractivity contribution < 1.29 is 20.1 Å². The molecule has 0 unspecified atom stereocenters. The molecule has 0 spiro atoms. The van der Waals surface area contributed by atoms with Gasteiger partial charge in [-0.15, -0.1) is 0 Å². The fraction of sp³-hybridized carbons (Fsp3) is 0.0909. The monoisotopic (exact) mass is 219 g/mol. The van der Waals surface area contributed by atoms with E-state index in [1.165, 1.54) is 0 Å². The molecule has 2 rings (SSSR count). The standard InChI is InChI=1S/C11H9NO4/c1-5-2-3-6-7(4-5)10(14)12-8(9(6)13)11(15)16/h2-4,13H,1H3,(H,12,14)(H,15,16). The van der Waals surface area contributed by atoms with Crippen LogP contribution in [0.15, 0.2) is 18.2 Å². The Bertz CT molecular complexity index is 592. The highest BCUT2D eigenvalue weighted by molar-refractivity contribution is 6.00. The molecule has 0 atom stereocenters. The molecular formula is C11H9NO4. The predicted octanol–water partition coefficient (Wildman–Crippen LogP) is 1.65. The van der Waals surface area contributed by atoms with E-state index in [2.05, 4.69) is 4.98 Å². The highest BCUT2D eigenvalue weighted by Crippen LogP contribution is 2.33. The fourth-order valence-corrected chi connectivity index (χ4v) is 1.55. The molecule has 1 aromatic carbocycles. The van der Waals surface area contributed by atoms with E-state index in [1.54, 1.807) is 18.2 Å². The lowest BCUT2D eigenvalue weighted by molar-refractivity contribution is 0.0686. The molecule has 82 valence electrons. The summed E-state index contributed by atoms with van der Waals surface area (Å²) in [6.45, 7) is 1.82. The Morgan fingerprint density at radius 2 is 1.94 bits per heavy atom. The van der Waals surface area contributed by atoms with Gasteiger partial charge in [0.1, 0.15) is 0 Å². The van der Waals surface area contributed by atoms with E-state index < -0.39 is 23.3 Å². The molecule has 0 aliphatic heterocycles. The minimum absolute atomic E-state index is 0.274. The first kappa shape index (κ1) is 10.2. The maximum absolute atomic E-state index is 10.8. The second kappa shape index (κ2) is 3.37. The number of aryl methyl sites for hydroxylation is 1. The van der Waals surface area contributed by atoms with Crippen molar-refractivity contribution in [2.75, 3.05) is 0 Å². The molecule has 5 nitrogen and oxygen atoms in total. The van der Waals surface area contributed by atoms with Crippen molar-refractivity contribution in [3.8, 4) is 11.6 Å². The number of fused-ring (bicyclic) bond motifs is 1. The summed E-state index contributed by atoms with van der Waals surface area (Å²) in [5.41, 5.74) is 0.334. The van der Waals surface area contributed by atoms with Crippen LogP contribution >= 0.6 is 0 Å². The minimum atomic E-state index is -1.38. The van der Waals surface area contributed by atoms with Gasteiger partial charge in [0.05, 0.1) is 0 Å². The number of rotatable bonds is 1. The van der Waals surface area contributed by atoms with Gasteiger partial charge in [0.2, 0.25) is 5.88 Å². The van der Waals surface area contributed by atoms with E-state index in [0.717, 1.165) is 5.56 Å². The Morgan fingerprint density at radius 3 is 2.56 bits per heavy atom. The average molecular weight is 219 g/mol. The molecule has 0 amide bonds. The molecule has 0 bridgehead atoms. The van der Waals surface area contributed by atoms with E-state index >= 15 is 0 Å². The number of hydrogen-bond acceptors (Lipinski definition) is 4. The highest BCUT2D eigenvalue weighted by Gasteiger charge is 2.17. The summed E-state index contributed by atoms with van der Waals surface area (Å²) in [5.74, 6) is -2.20. The van der Waals surface area contributed by atoms with Gasteiger partial charge in [0.25, 0.3) is 0 Å². The molecule has 0 aliphatic carbocycles. The summed E-state index contributed by atoms with van der Waals surface area (Å²) in [4.78, 5) is 14.2. The van der Waals surface area contributed by atoms with Gasteiger partial charge in [-0.3, -0.25) is 0 Å². The van der Waals surface area contributed by atoms with Gasteiger partial charge in [-0.2, -0.15) is 0 Å². The van der Waals surface area contributed by atoms with Crippen molar-refractivity contribution in [3.63, 3.8) is 0 Å². The summed E-state index contributed by atoms with van der Waals surface area (Å²) >= 11 is 0. The molecule has 16 heavy (non-hydrogen) atoms. The van der Waals surface area contributed by atoms with Crippen LogP contribution < -0.4 is 0 Å². The minimum Gasteiger partial charge on any atom is -0.505 e. The number of aromatic nitrogens is 1. The zero-order chi connectivity index (χ0) is 11.9. The van der Waals surface area contributed by atoms with Gasteiger partial charge in [-0.05, 0) is 13.0 Å². The first-order valence-corrected chi connectivity index (χ1v) is 4.56. The van der Waals surface area contributed by atoms with Gasteiger partial charge in [-0.1, -0.05) is 17.7 Å². The molecule has 1 aromatic heterocycles. The van der Waals surface area contributed by atoms with Crippen LogP contribution in [0.5, 0.6) is 11.6 Å². The molecule has 0 aliphatic rings. The number of hydrogen-bond donors (Lipinski definition) is 3. The molecule has 0 saturated heterocycles. The molecule has 0 fully saturated rings. The third kappa shape index (κ3) is 1.42. The van der Waals surface area contributed by atoms with Crippen LogP contribution in [0, 0.1) is 6.92 Å². The van der Waals surface area contributed by atoms with E-state index in [4.69, 9.17) is 5.11 Å². The van der Waals surface area contributed by atoms with Crippen molar-refractivity contribution in [2.45, 2.75) is 6.92 Å². The molecule has 0 saturated carbocycles. The van der Waals surface area contributed by atoms with Crippen LogP contribution in [0.25, 0.3) is 10.8 Å². The van der Waals surface area contributed by atoms with Crippen molar-refractivity contribution in [3.05, 3.63) is 29.5 Å². The number of carboxylic acid groups (broad SMARTS) is 1. The lowest BCUT2D eigenvalue weighted by Crippen LogP contribution is -2.01.